The molecule has 3 fully saturated rings. The molecular weight excluding hydrogens is 372 g/mol. The van der Waals surface area contributed by atoms with Crippen molar-refractivity contribution in [3.63, 3.8) is 0 Å². The Labute approximate surface area is 161 Å². The summed E-state index contributed by atoms with van der Waals surface area (Å²) in [5.41, 5.74) is 0.411. The number of ether oxygens (including phenoxy) is 1. The van der Waals surface area contributed by atoms with Crippen molar-refractivity contribution in [2.45, 2.75) is 19.3 Å². The molecule has 3 aliphatic rings. The molecule has 0 radical (unpaired) electrons. The van der Waals surface area contributed by atoms with Crippen LogP contribution in [0.2, 0.25) is 5.02 Å². The van der Waals surface area contributed by atoms with Gasteiger partial charge in [-0.25, -0.2) is 0 Å². The smallest absolute Gasteiger partial charge is 0.326 e. The molecule has 0 aromatic heterocycles. The number of fused-ring (bicyclic) bond motifs is 5. The van der Waals surface area contributed by atoms with Crippen molar-refractivity contribution in [1.29, 1.82) is 0 Å². The Morgan fingerprint density at radius 3 is 2.37 bits per heavy atom. The summed E-state index contributed by atoms with van der Waals surface area (Å²) >= 11 is 5.95. The van der Waals surface area contributed by atoms with E-state index >= 15 is 0 Å². The van der Waals surface area contributed by atoms with Crippen molar-refractivity contribution >= 4 is 41.0 Å². The number of nitrogens with zero attached hydrogens (tertiary/aromatic N) is 1. The van der Waals surface area contributed by atoms with Crippen LogP contribution >= 0.6 is 11.6 Å². The van der Waals surface area contributed by atoms with E-state index in [9.17, 15) is 19.2 Å². The average molecular weight is 391 g/mol. The van der Waals surface area contributed by atoms with Crippen LogP contribution in [0.3, 0.4) is 0 Å². The molecule has 4 atom stereocenters. The minimum absolute atomic E-state index is 0.263. The number of hydrogen-bond acceptors (Lipinski definition) is 5. The molecule has 1 aliphatic heterocycles. The fraction of sp³-hybridized carbons (Fsp3) is 0.474. The third-order valence-corrected chi connectivity index (χ3v) is 6.15. The highest BCUT2D eigenvalue weighted by Gasteiger charge is 2.61. The Balaban J connectivity index is 1.30. The Morgan fingerprint density at radius 1 is 1.11 bits per heavy atom. The molecule has 1 aromatic carbocycles. The molecule has 7 nitrogen and oxygen atoms in total. The van der Waals surface area contributed by atoms with Crippen LogP contribution in [0.5, 0.6) is 0 Å². The third-order valence-electron chi connectivity index (χ3n) is 5.82. The minimum atomic E-state index is -0.779. The summed E-state index contributed by atoms with van der Waals surface area (Å²) in [6.07, 6.45) is 2.89. The van der Waals surface area contributed by atoms with Gasteiger partial charge in [-0.3, -0.25) is 24.1 Å². The molecule has 2 saturated carbocycles. The zero-order valence-corrected chi connectivity index (χ0v) is 15.3. The van der Waals surface area contributed by atoms with Gasteiger partial charge < -0.3 is 10.1 Å². The number of hydrogen-bond donors (Lipinski definition) is 1. The normalized spacial score (nSPS) is 28.4. The summed E-state index contributed by atoms with van der Waals surface area (Å²) < 4.78 is 4.93. The molecule has 4 rings (SSSR count). The van der Waals surface area contributed by atoms with E-state index in [1.54, 1.807) is 24.3 Å². The Kier molecular flexibility index (Phi) is 4.63. The van der Waals surface area contributed by atoms with E-state index in [0.717, 1.165) is 24.2 Å². The molecule has 1 aromatic rings. The van der Waals surface area contributed by atoms with Gasteiger partial charge in [-0.2, -0.15) is 0 Å². The first-order valence-electron chi connectivity index (χ1n) is 9.01. The van der Waals surface area contributed by atoms with E-state index in [2.05, 4.69) is 5.32 Å². The lowest BCUT2D eigenvalue weighted by Crippen LogP contribution is -2.38. The van der Waals surface area contributed by atoms with E-state index in [0.29, 0.717) is 10.7 Å². The SMILES string of the molecule is O=C(COC(=O)CN1C(=O)[C@H]2[C@H]3CC[C@@H](C3)[C@@H]2C1=O)Nc1ccccc1Cl. The lowest BCUT2D eigenvalue weighted by atomic mass is 9.81. The fourth-order valence-corrected chi connectivity index (χ4v) is 4.88. The molecule has 1 N–H and O–H groups in total. The first-order valence-corrected chi connectivity index (χ1v) is 9.38. The summed E-state index contributed by atoms with van der Waals surface area (Å²) in [7, 11) is 0. The van der Waals surface area contributed by atoms with Gasteiger partial charge in [0.05, 0.1) is 22.5 Å². The maximum Gasteiger partial charge on any atom is 0.326 e. The Hall–Kier alpha value is -2.41. The number of benzene rings is 1. The van der Waals surface area contributed by atoms with Gasteiger partial charge in [-0.1, -0.05) is 23.7 Å². The highest BCUT2D eigenvalue weighted by atomic mass is 35.5. The second kappa shape index (κ2) is 6.96. The third kappa shape index (κ3) is 3.20. The van der Waals surface area contributed by atoms with Crippen molar-refractivity contribution in [3.8, 4) is 0 Å². The minimum Gasteiger partial charge on any atom is -0.454 e. The van der Waals surface area contributed by atoms with E-state index in [1.807, 2.05) is 0 Å². The van der Waals surface area contributed by atoms with Crippen molar-refractivity contribution in [2.24, 2.45) is 23.7 Å². The van der Waals surface area contributed by atoms with Gasteiger partial charge in [0.15, 0.2) is 6.61 Å². The fourth-order valence-electron chi connectivity index (χ4n) is 4.70. The summed E-state index contributed by atoms with van der Waals surface area (Å²) in [4.78, 5) is 50.0. The average Bonchev–Trinajstić information content (AvgIpc) is 3.32. The predicted molar refractivity (Wildman–Crippen MR) is 95.6 cm³/mol. The van der Waals surface area contributed by atoms with Crippen LogP contribution in [0.4, 0.5) is 5.69 Å². The molecule has 1 saturated heterocycles. The highest BCUT2D eigenvalue weighted by Crippen LogP contribution is 2.56. The molecule has 0 spiro atoms. The van der Waals surface area contributed by atoms with Crippen LogP contribution in [0.15, 0.2) is 24.3 Å². The number of imide groups is 1. The van der Waals surface area contributed by atoms with Crippen LogP contribution in [-0.4, -0.2) is 41.7 Å². The van der Waals surface area contributed by atoms with Gasteiger partial charge in [0.1, 0.15) is 6.54 Å². The molecule has 2 aliphatic carbocycles. The lowest BCUT2D eigenvalue weighted by molar-refractivity contribution is -0.154. The van der Waals surface area contributed by atoms with E-state index in [1.165, 1.54) is 0 Å². The molecule has 8 heteroatoms. The number of likely N-dealkylation sites (tertiary alicyclic amines) is 1. The molecule has 2 bridgehead atoms. The molecule has 0 unspecified atom stereocenters. The number of anilines is 1. The number of carbonyl (C=O) groups is 4. The topological polar surface area (TPSA) is 92.8 Å². The van der Waals surface area contributed by atoms with Gasteiger partial charge in [0, 0.05) is 0 Å². The first kappa shape index (κ1) is 18.0. The number of rotatable bonds is 5. The monoisotopic (exact) mass is 390 g/mol. The van der Waals surface area contributed by atoms with E-state index in [-0.39, 0.29) is 35.5 Å². The largest absolute Gasteiger partial charge is 0.454 e. The van der Waals surface area contributed by atoms with Gasteiger partial charge in [0.2, 0.25) is 11.8 Å². The van der Waals surface area contributed by atoms with Crippen LogP contribution in [-0.2, 0) is 23.9 Å². The summed E-state index contributed by atoms with van der Waals surface area (Å²) in [5.74, 6) is -1.88. The van der Waals surface area contributed by atoms with Gasteiger partial charge in [-0.15, -0.1) is 0 Å². The van der Waals surface area contributed by atoms with Crippen molar-refractivity contribution in [3.05, 3.63) is 29.3 Å². The first-order chi connectivity index (χ1) is 13.0. The zero-order valence-electron chi connectivity index (χ0n) is 14.5. The number of nitrogens with one attached hydrogen (secondary N) is 1. The lowest BCUT2D eigenvalue weighted by Gasteiger charge is -2.19. The van der Waals surface area contributed by atoms with Crippen molar-refractivity contribution < 1.29 is 23.9 Å². The maximum absolute atomic E-state index is 12.5. The van der Waals surface area contributed by atoms with Crippen molar-refractivity contribution in [2.75, 3.05) is 18.5 Å². The standard InChI is InChI=1S/C19H19ClN2O5/c20-12-3-1-2-4-13(12)21-14(23)9-27-15(24)8-22-18(25)16-10-5-6-11(7-10)17(16)19(22)26/h1-4,10-11,16-17H,5-9H2,(H,21,23)/t10-,11-,16-,17-/m0/s1. The molecule has 3 amide bonds. The predicted octanol–water partition coefficient (Wildman–Crippen LogP) is 1.85. The second-order valence-electron chi connectivity index (χ2n) is 7.34. The van der Waals surface area contributed by atoms with Crippen LogP contribution in [0.25, 0.3) is 0 Å². The van der Waals surface area contributed by atoms with Gasteiger partial charge >= 0.3 is 5.97 Å². The maximum atomic E-state index is 12.5. The number of para-hydroxylation sites is 1. The Morgan fingerprint density at radius 2 is 1.74 bits per heavy atom. The summed E-state index contributed by atoms with van der Waals surface area (Å²) in [6.45, 7) is -0.956. The van der Waals surface area contributed by atoms with Crippen molar-refractivity contribution in [1.82, 2.24) is 4.90 Å². The van der Waals surface area contributed by atoms with Crippen LogP contribution in [0, 0.1) is 23.7 Å². The highest BCUT2D eigenvalue weighted by molar-refractivity contribution is 6.33. The number of esters is 1. The number of amides is 3. The number of halogens is 1. The summed E-state index contributed by atoms with van der Waals surface area (Å²) in [6, 6.07) is 6.68. The second-order valence-corrected chi connectivity index (χ2v) is 7.74. The quantitative estimate of drug-likeness (QED) is 0.611. The van der Waals surface area contributed by atoms with Gasteiger partial charge in [0.25, 0.3) is 5.91 Å². The zero-order chi connectivity index (χ0) is 19.1. The van der Waals surface area contributed by atoms with E-state index < -0.39 is 25.0 Å². The molecular formula is C19H19ClN2O5. The van der Waals surface area contributed by atoms with Gasteiger partial charge in [-0.05, 0) is 43.2 Å². The molecule has 27 heavy (non-hydrogen) atoms. The number of carbonyl (C=O) groups excluding carboxylic acids is 4. The van der Waals surface area contributed by atoms with Crippen LogP contribution in [0.1, 0.15) is 19.3 Å². The Bertz CT molecular complexity index is 798. The van der Waals surface area contributed by atoms with Crippen LogP contribution < -0.4 is 5.32 Å². The summed E-state index contributed by atoms with van der Waals surface area (Å²) in [5, 5.41) is 2.90. The molecule has 142 valence electrons. The van der Waals surface area contributed by atoms with E-state index in [4.69, 9.17) is 16.3 Å². The molecule has 1 heterocycles.